The highest BCUT2D eigenvalue weighted by Gasteiger charge is 2.22. The number of ether oxygens (including phenoxy) is 1. The van der Waals surface area contributed by atoms with E-state index in [2.05, 4.69) is 10.6 Å². The van der Waals surface area contributed by atoms with E-state index in [-0.39, 0.29) is 36.5 Å². The Hall–Kier alpha value is -2.95. The van der Waals surface area contributed by atoms with Gasteiger partial charge in [-0.15, -0.1) is 0 Å². The zero-order chi connectivity index (χ0) is 25.6. The van der Waals surface area contributed by atoms with Crippen molar-refractivity contribution < 1.29 is 23.1 Å². The van der Waals surface area contributed by atoms with Crippen molar-refractivity contribution in [2.24, 2.45) is 5.73 Å². The molecule has 1 aliphatic heterocycles. The number of nitrogens with zero attached hydrogens (tertiary/aromatic N) is 1. The summed E-state index contributed by atoms with van der Waals surface area (Å²) in [5.41, 5.74) is 6.86. The molecule has 1 heterocycles. The minimum Gasteiger partial charge on any atom is -0.378 e. The minimum absolute atomic E-state index is 0.00670. The maximum Gasteiger partial charge on any atom is 0.242 e. The highest BCUT2D eigenvalue weighted by atomic mass is 32.1. The van der Waals surface area contributed by atoms with Gasteiger partial charge in [0.05, 0.1) is 26.3 Å². The first-order valence-electron chi connectivity index (χ1n) is 11.4. The van der Waals surface area contributed by atoms with Gasteiger partial charge < -0.3 is 26.0 Å². The molecule has 190 valence electrons. The van der Waals surface area contributed by atoms with Crippen LogP contribution in [0.25, 0.3) is 0 Å². The largest absolute Gasteiger partial charge is 0.378 e. The van der Waals surface area contributed by atoms with E-state index in [9.17, 15) is 18.4 Å². The van der Waals surface area contributed by atoms with Gasteiger partial charge in [0.25, 0.3) is 0 Å². The second kappa shape index (κ2) is 15.1. The van der Waals surface area contributed by atoms with Crippen LogP contribution in [-0.2, 0) is 14.3 Å². The Kier molecular flexibility index (Phi) is 12.2. The van der Waals surface area contributed by atoms with E-state index < -0.39 is 0 Å². The summed E-state index contributed by atoms with van der Waals surface area (Å²) < 4.78 is 30.3. The van der Waals surface area contributed by atoms with E-state index in [4.69, 9.17) is 22.7 Å². The van der Waals surface area contributed by atoms with Crippen molar-refractivity contribution in [2.45, 2.75) is 18.8 Å². The third-order valence-electron chi connectivity index (χ3n) is 5.25. The number of carbonyl (C=O) groups is 2. The normalized spacial score (nSPS) is 14.5. The second-order valence-electron chi connectivity index (χ2n) is 7.89. The van der Waals surface area contributed by atoms with Crippen molar-refractivity contribution in [3.63, 3.8) is 0 Å². The summed E-state index contributed by atoms with van der Waals surface area (Å²) in [5.74, 6) is 0.156. The average Bonchev–Trinajstić information content (AvgIpc) is 3.74. The number of likely N-dealkylation sites (N-methyl/N-ethyl adjacent to an activating group) is 1. The standard InChI is InChI=1S/C13H15FN2O2S.C9H9F.C3H8N2O/c14-11-3-1-10(2-4-11)13(19)15-9-12(17)16-5-7-18-8-6-16;10-9-5-3-8(4-6-9)7-1-2-7;1-5-3(6)2-4/h1-4H,5-9H2,(H,15,19);3-7H,1-2H2;2,4H2,1H3,(H,5,6). The molecule has 2 fully saturated rings. The maximum atomic E-state index is 12.8. The molecule has 0 bridgehead atoms. The third-order valence-corrected chi connectivity index (χ3v) is 5.63. The van der Waals surface area contributed by atoms with Crippen LogP contribution in [-0.4, -0.2) is 68.1 Å². The van der Waals surface area contributed by atoms with Gasteiger partial charge in [-0.05, 0) is 60.7 Å². The summed E-state index contributed by atoms with van der Waals surface area (Å²) in [6.45, 7) is 2.61. The summed E-state index contributed by atoms with van der Waals surface area (Å²) in [4.78, 5) is 24.0. The SMILES string of the molecule is CNC(=O)CN.Fc1ccc(C2CC2)cc1.O=C(CNC(=S)c1ccc(F)cc1)N1CCOCC1. The molecule has 0 radical (unpaired) electrons. The fourth-order valence-electron chi connectivity index (χ4n) is 3.04. The number of rotatable bonds is 5. The summed E-state index contributed by atoms with van der Waals surface area (Å²) in [5, 5.41) is 5.24. The van der Waals surface area contributed by atoms with E-state index >= 15 is 0 Å². The van der Waals surface area contributed by atoms with E-state index in [0.29, 0.717) is 36.9 Å². The molecule has 0 spiro atoms. The number of nitrogens with one attached hydrogen (secondary N) is 2. The Balaban J connectivity index is 0.000000223. The van der Waals surface area contributed by atoms with Gasteiger partial charge in [-0.1, -0.05) is 24.4 Å². The topological polar surface area (TPSA) is 96.7 Å². The second-order valence-corrected chi connectivity index (χ2v) is 8.29. The molecule has 7 nitrogen and oxygen atoms in total. The van der Waals surface area contributed by atoms with Crippen molar-refractivity contribution in [2.75, 3.05) is 46.4 Å². The molecule has 1 saturated heterocycles. The lowest BCUT2D eigenvalue weighted by molar-refractivity contribution is -0.134. The molecule has 2 aliphatic rings. The lowest BCUT2D eigenvalue weighted by Gasteiger charge is -2.27. The van der Waals surface area contributed by atoms with Crippen LogP contribution >= 0.6 is 12.2 Å². The van der Waals surface area contributed by atoms with Crippen LogP contribution in [0.1, 0.15) is 29.9 Å². The number of amides is 2. The van der Waals surface area contributed by atoms with Crippen LogP contribution in [0.5, 0.6) is 0 Å². The molecular weight excluding hydrogens is 474 g/mol. The molecule has 1 aliphatic carbocycles. The lowest BCUT2D eigenvalue weighted by atomic mass is 10.1. The third kappa shape index (κ3) is 10.9. The monoisotopic (exact) mass is 506 g/mol. The molecule has 2 aromatic rings. The fourth-order valence-corrected chi connectivity index (χ4v) is 3.25. The smallest absolute Gasteiger partial charge is 0.242 e. The summed E-state index contributed by atoms with van der Waals surface area (Å²) in [6, 6.07) is 12.7. The fraction of sp³-hybridized carbons (Fsp3) is 0.400. The Morgan fingerprint density at radius 1 is 1.03 bits per heavy atom. The number of halogens is 2. The highest BCUT2D eigenvalue weighted by Crippen LogP contribution is 2.39. The summed E-state index contributed by atoms with van der Waals surface area (Å²) >= 11 is 5.15. The summed E-state index contributed by atoms with van der Waals surface area (Å²) in [6.07, 6.45) is 2.57. The van der Waals surface area contributed by atoms with Gasteiger partial charge in [0.1, 0.15) is 16.6 Å². The number of nitrogens with two attached hydrogens (primary N) is 1. The van der Waals surface area contributed by atoms with E-state index in [0.717, 1.165) is 5.92 Å². The van der Waals surface area contributed by atoms with Gasteiger partial charge >= 0.3 is 0 Å². The predicted molar refractivity (Wildman–Crippen MR) is 135 cm³/mol. The van der Waals surface area contributed by atoms with Gasteiger partial charge in [0.15, 0.2) is 0 Å². The van der Waals surface area contributed by atoms with Crippen LogP contribution in [0.3, 0.4) is 0 Å². The van der Waals surface area contributed by atoms with Crippen molar-refractivity contribution in [3.05, 3.63) is 71.3 Å². The first-order valence-corrected chi connectivity index (χ1v) is 11.8. The molecule has 0 aromatic heterocycles. The predicted octanol–water partition coefficient (Wildman–Crippen LogP) is 2.34. The molecule has 2 amide bonds. The van der Waals surface area contributed by atoms with Crippen LogP contribution in [0.2, 0.25) is 0 Å². The molecule has 1 saturated carbocycles. The van der Waals surface area contributed by atoms with Crippen LogP contribution < -0.4 is 16.4 Å². The molecular formula is C25H32F2N4O3S. The first-order chi connectivity index (χ1) is 16.8. The summed E-state index contributed by atoms with van der Waals surface area (Å²) in [7, 11) is 1.55. The number of thiocarbonyl (C=S) groups is 1. The van der Waals surface area contributed by atoms with E-state index in [1.165, 1.54) is 42.7 Å². The van der Waals surface area contributed by atoms with Gasteiger partial charge in [-0.2, -0.15) is 0 Å². The van der Waals surface area contributed by atoms with E-state index in [1.54, 1.807) is 24.1 Å². The first kappa shape index (κ1) is 28.3. The molecule has 35 heavy (non-hydrogen) atoms. The Labute approximate surface area is 210 Å². The number of carbonyl (C=O) groups excluding carboxylic acids is 2. The van der Waals surface area contributed by atoms with E-state index in [1.807, 2.05) is 12.1 Å². The zero-order valence-electron chi connectivity index (χ0n) is 19.8. The molecule has 0 atom stereocenters. The molecule has 2 aromatic carbocycles. The van der Waals surface area contributed by atoms with Gasteiger partial charge in [0, 0.05) is 25.7 Å². The van der Waals surface area contributed by atoms with Crippen LogP contribution in [0.15, 0.2) is 48.5 Å². The molecule has 10 heteroatoms. The zero-order valence-corrected chi connectivity index (χ0v) is 20.6. The number of morpholine rings is 1. The quantitative estimate of drug-likeness (QED) is 0.539. The molecule has 4 N–H and O–H groups in total. The van der Waals surface area contributed by atoms with Crippen LogP contribution in [0, 0.1) is 11.6 Å². The highest BCUT2D eigenvalue weighted by molar-refractivity contribution is 7.80. The average molecular weight is 507 g/mol. The van der Waals surface area contributed by atoms with Gasteiger partial charge in [-0.3, -0.25) is 9.59 Å². The Morgan fingerprint density at radius 3 is 2.03 bits per heavy atom. The molecule has 0 unspecified atom stereocenters. The van der Waals surface area contributed by atoms with Crippen molar-refractivity contribution >= 4 is 29.0 Å². The number of benzene rings is 2. The van der Waals surface area contributed by atoms with Crippen molar-refractivity contribution in [3.8, 4) is 0 Å². The minimum atomic E-state index is -0.309. The van der Waals surface area contributed by atoms with Crippen LogP contribution in [0.4, 0.5) is 8.78 Å². The Bertz CT molecular complexity index is 942. The number of hydrogen-bond donors (Lipinski definition) is 3. The lowest BCUT2D eigenvalue weighted by Crippen LogP contribution is -2.45. The molecule has 4 rings (SSSR count). The maximum absolute atomic E-state index is 12.8. The van der Waals surface area contributed by atoms with Crippen molar-refractivity contribution in [1.29, 1.82) is 0 Å². The van der Waals surface area contributed by atoms with Crippen molar-refractivity contribution in [1.82, 2.24) is 15.5 Å². The number of hydrogen-bond acceptors (Lipinski definition) is 5. The Morgan fingerprint density at radius 2 is 1.57 bits per heavy atom. The van der Waals surface area contributed by atoms with Gasteiger partial charge in [0.2, 0.25) is 11.8 Å². The van der Waals surface area contributed by atoms with Gasteiger partial charge in [-0.25, -0.2) is 8.78 Å².